The van der Waals surface area contributed by atoms with Gasteiger partial charge in [0, 0.05) is 33.0 Å². The maximum atomic E-state index is 12.4. The number of nitrogens with one attached hydrogen (secondary N) is 1. The van der Waals surface area contributed by atoms with Crippen LogP contribution >= 0.6 is 11.6 Å². The van der Waals surface area contributed by atoms with Gasteiger partial charge in [0.05, 0.1) is 6.61 Å². The lowest BCUT2D eigenvalue weighted by atomic mass is 10.2. The first-order valence-electron chi connectivity index (χ1n) is 7.09. The summed E-state index contributed by atoms with van der Waals surface area (Å²) < 4.78 is 5.05. The maximum Gasteiger partial charge on any atom is 0.257 e. The molecule has 2 heterocycles. The van der Waals surface area contributed by atoms with Gasteiger partial charge in [0.2, 0.25) is 0 Å². The van der Waals surface area contributed by atoms with E-state index < -0.39 is 0 Å². The Labute approximate surface area is 140 Å². The van der Waals surface area contributed by atoms with Crippen molar-refractivity contribution in [1.82, 2.24) is 9.97 Å². The van der Waals surface area contributed by atoms with E-state index in [-0.39, 0.29) is 11.1 Å². The average molecular weight is 335 g/mol. The summed E-state index contributed by atoms with van der Waals surface area (Å²) in [6.07, 6.45) is 2.42. The molecule has 0 spiro atoms. The van der Waals surface area contributed by atoms with Gasteiger partial charge in [-0.15, -0.1) is 0 Å². The normalized spacial score (nSPS) is 10.4. The maximum absolute atomic E-state index is 12.4. The van der Waals surface area contributed by atoms with E-state index in [4.69, 9.17) is 16.3 Å². The highest BCUT2D eigenvalue weighted by atomic mass is 35.5. The summed E-state index contributed by atoms with van der Waals surface area (Å²) in [5.41, 5.74) is 1.47. The van der Waals surface area contributed by atoms with Gasteiger partial charge in [-0.1, -0.05) is 11.6 Å². The fourth-order valence-corrected chi connectivity index (χ4v) is 2.15. The molecular formula is C16H19ClN4O2. The van der Waals surface area contributed by atoms with Crippen molar-refractivity contribution in [3.63, 3.8) is 0 Å². The van der Waals surface area contributed by atoms with Crippen molar-refractivity contribution in [2.24, 2.45) is 0 Å². The summed E-state index contributed by atoms with van der Waals surface area (Å²) in [4.78, 5) is 22.5. The minimum absolute atomic E-state index is 0.267. The fourth-order valence-electron chi connectivity index (χ4n) is 1.95. The summed E-state index contributed by atoms with van der Waals surface area (Å²) in [6, 6.07) is 6.92. The number of ether oxygens (including phenoxy) is 1. The smallest absolute Gasteiger partial charge is 0.257 e. The van der Waals surface area contributed by atoms with Crippen LogP contribution in [0.2, 0.25) is 5.15 Å². The third-order valence-corrected chi connectivity index (χ3v) is 3.36. The number of anilines is 2. The first-order valence-corrected chi connectivity index (χ1v) is 7.47. The highest BCUT2D eigenvalue weighted by molar-refractivity contribution is 6.30. The second kappa shape index (κ2) is 7.89. The number of halogens is 1. The predicted octanol–water partition coefficient (Wildman–Crippen LogP) is 2.64. The number of hydrogen-bond acceptors (Lipinski definition) is 5. The van der Waals surface area contributed by atoms with Crippen molar-refractivity contribution in [3.05, 3.63) is 46.7 Å². The van der Waals surface area contributed by atoms with E-state index in [9.17, 15) is 4.79 Å². The Bertz CT molecular complexity index is 692. The zero-order chi connectivity index (χ0) is 16.8. The number of nitrogens with zero attached hydrogens (tertiary/aromatic N) is 3. The molecule has 122 valence electrons. The number of amides is 1. The minimum Gasteiger partial charge on any atom is -0.384 e. The molecule has 0 radical (unpaired) electrons. The molecule has 0 aliphatic carbocycles. The number of carbonyl (C=O) groups is 1. The molecule has 0 aliphatic heterocycles. The second-order valence-corrected chi connectivity index (χ2v) is 5.56. The van der Waals surface area contributed by atoms with Crippen LogP contribution in [0.1, 0.15) is 15.9 Å². The van der Waals surface area contributed by atoms with Crippen molar-refractivity contribution >= 4 is 29.1 Å². The van der Waals surface area contributed by atoms with Crippen molar-refractivity contribution in [1.29, 1.82) is 0 Å². The van der Waals surface area contributed by atoms with E-state index >= 15 is 0 Å². The van der Waals surface area contributed by atoms with E-state index in [1.807, 2.05) is 26.2 Å². The molecular weight excluding hydrogens is 316 g/mol. The summed E-state index contributed by atoms with van der Waals surface area (Å²) in [5.74, 6) is 0.821. The van der Waals surface area contributed by atoms with Gasteiger partial charge >= 0.3 is 0 Å². The van der Waals surface area contributed by atoms with Crippen molar-refractivity contribution in [2.45, 2.75) is 6.42 Å². The molecule has 0 unspecified atom stereocenters. The van der Waals surface area contributed by atoms with Crippen LogP contribution in [-0.4, -0.2) is 43.7 Å². The van der Waals surface area contributed by atoms with Crippen LogP contribution in [0, 0.1) is 0 Å². The zero-order valence-corrected chi connectivity index (χ0v) is 14.1. The molecule has 0 fully saturated rings. The Hall–Kier alpha value is -2.18. The SMILES string of the molecule is COCCc1ccnc(NC(=O)c2cc(Cl)nc(N(C)C)c2)c1. The van der Waals surface area contributed by atoms with Gasteiger partial charge in [-0.25, -0.2) is 9.97 Å². The quantitative estimate of drug-likeness (QED) is 0.822. The van der Waals surface area contributed by atoms with E-state index in [2.05, 4.69) is 15.3 Å². The molecule has 2 rings (SSSR count). The first kappa shape index (κ1) is 17.2. The average Bonchev–Trinajstić information content (AvgIpc) is 2.52. The number of aromatic nitrogens is 2. The molecule has 0 saturated heterocycles. The zero-order valence-electron chi connectivity index (χ0n) is 13.3. The predicted molar refractivity (Wildman–Crippen MR) is 91.3 cm³/mol. The highest BCUT2D eigenvalue weighted by Crippen LogP contribution is 2.18. The second-order valence-electron chi connectivity index (χ2n) is 5.18. The van der Waals surface area contributed by atoms with Crippen molar-refractivity contribution in [3.8, 4) is 0 Å². The van der Waals surface area contributed by atoms with Gasteiger partial charge < -0.3 is 15.0 Å². The lowest BCUT2D eigenvalue weighted by Crippen LogP contribution is -2.16. The standard InChI is InChI=1S/C16H19ClN4O2/c1-21(2)15-10-12(9-13(17)19-15)16(22)20-14-8-11(4-6-18-14)5-7-23-3/h4,6,8-10H,5,7H2,1-3H3,(H,18,20,22). The van der Waals surface area contributed by atoms with Crippen LogP contribution in [0.4, 0.5) is 11.6 Å². The Morgan fingerprint density at radius 2 is 2.13 bits per heavy atom. The molecule has 1 amide bonds. The summed E-state index contributed by atoms with van der Waals surface area (Å²) in [6.45, 7) is 0.615. The molecule has 2 aromatic heterocycles. The van der Waals surface area contributed by atoms with E-state index in [1.54, 1.807) is 24.3 Å². The fraction of sp³-hybridized carbons (Fsp3) is 0.312. The molecule has 0 atom stereocenters. The summed E-state index contributed by atoms with van der Waals surface area (Å²) in [7, 11) is 5.32. The van der Waals surface area contributed by atoms with Gasteiger partial charge in [-0.05, 0) is 36.2 Å². The highest BCUT2D eigenvalue weighted by Gasteiger charge is 2.11. The molecule has 0 aliphatic rings. The van der Waals surface area contributed by atoms with Crippen LogP contribution in [0.3, 0.4) is 0 Å². The van der Waals surface area contributed by atoms with Crippen LogP contribution in [0.25, 0.3) is 0 Å². The number of hydrogen-bond donors (Lipinski definition) is 1. The minimum atomic E-state index is -0.284. The molecule has 1 N–H and O–H groups in total. The summed E-state index contributed by atoms with van der Waals surface area (Å²) >= 11 is 5.98. The van der Waals surface area contributed by atoms with Crippen LogP contribution in [0.15, 0.2) is 30.5 Å². The topological polar surface area (TPSA) is 67.3 Å². The lowest BCUT2D eigenvalue weighted by Gasteiger charge is -2.13. The van der Waals surface area contributed by atoms with Crippen LogP contribution < -0.4 is 10.2 Å². The third-order valence-electron chi connectivity index (χ3n) is 3.16. The van der Waals surface area contributed by atoms with Gasteiger partial charge in [-0.2, -0.15) is 0 Å². The first-order chi connectivity index (χ1) is 11.0. The molecule has 0 bridgehead atoms. The van der Waals surface area contributed by atoms with E-state index in [0.29, 0.717) is 23.8 Å². The summed E-state index contributed by atoms with van der Waals surface area (Å²) in [5, 5.41) is 3.04. The number of carbonyl (C=O) groups excluding carboxylic acids is 1. The van der Waals surface area contributed by atoms with Gasteiger partial charge in [0.25, 0.3) is 5.91 Å². The van der Waals surface area contributed by atoms with E-state index in [1.165, 1.54) is 6.07 Å². The lowest BCUT2D eigenvalue weighted by molar-refractivity contribution is 0.102. The number of rotatable bonds is 6. The van der Waals surface area contributed by atoms with Gasteiger partial charge in [0.15, 0.2) is 0 Å². The third kappa shape index (κ3) is 4.91. The molecule has 0 aromatic carbocycles. The molecule has 23 heavy (non-hydrogen) atoms. The number of methoxy groups -OCH3 is 1. The molecule has 7 heteroatoms. The molecule has 2 aromatic rings. The van der Waals surface area contributed by atoms with Gasteiger partial charge in [0.1, 0.15) is 16.8 Å². The number of pyridine rings is 2. The monoisotopic (exact) mass is 334 g/mol. The van der Waals surface area contributed by atoms with Crippen molar-refractivity contribution < 1.29 is 9.53 Å². The van der Waals surface area contributed by atoms with Gasteiger partial charge in [-0.3, -0.25) is 4.79 Å². The van der Waals surface area contributed by atoms with Crippen molar-refractivity contribution in [2.75, 3.05) is 38.0 Å². The van der Waals surface area contributed by atoms with Crippen LogP contribution in [-0.2, 0) is 11.2 Å². The Morgan fingerprint density at radius 3 is 2.83 bits per heavy atom. The Kier molecular flexibility index (Phi) is 5.90. The molecule has 6 nitrogen and oxygen atoms in total. The van der Waals surface area contributed by atoms with E-state index in [0.717, 1.165) is 12.0 Å². The Balaban J connectivity index is 2.16. The molecule has 0 saturated carbocycles. The largest absolute Gasteiger partial charge is 0.384 e. The Morgan fingerprint density at radius 1 is 1.35 bits per heavy atom. The van der Waals surface area contributed by atoms with Crippen LogP contribution in [0.5, 0.6) is 0 Å².